The molecule has 2 amide bonds. The van der Waals surface area contributed by atoms with Crippen molar-refractivity contribution in [2.75, 3.05) is 0 Å². The van der Waals surface area contributed by atoms with E-state index in [-0.39, 0.29) is 27.4 Å². The number of nitrogens with one attached hydrogen (secondary N) is 1. The molecule has 0 saturated carbocycles. The Morgan fingerprint density at radius 3 is 2.56 bits per heavy atom. The SMILES string of the molecule is CC1=NN(S(=O)(=O)c2ccc(O)c3ncccc23)C2=NC(=O)NC(c3ccc(C)cc3)C12. The van der Waals surface area contributed by atoms with Crippen LogP contribution in [0.15, 0.2) is 69.7 Å². The highest BCUT2D eigenvalue weighted by atomic mass is 32.2. The summed E-state index contributed by atoms with van der Waals surface area (Å²) in [7, 11) is -4.24. The van der Waals surface area contributed by atoms with Crippen LogP contribution in [0.2, 0.25) is 0 Å². The molecular formula is C22H19N5O4S. The number of aromatic hydroxyl groups is 1. The number of amides is 2. The predicted octanol–water partition coefficient (Wildman–Crippen LogP) is 3.11. The molecule has 0 fully saturated rings. The van der Waals surface area contributed by atoms with E-state index < -0.39 is 28.0 Å². The van der Waals surface area contributed by atoms with Crippen LogP contribution in [0.25, 0.3) is 10.9 Å². The highest BCUT2D eigenvalue weighted by Crippen LogP contribution is 2.38. The van der Waals surface area contributed by atoms with E-state index in [0.29, 0.717) is 5.71 Å². The Morgan fingerprint density at radius 2 is 1.81 bits per heavy atom. The zero-order valence-electron chi connectivity index (χ0n) is 17.2. The number of rotatable bonds is 3. The lowest BCUT2D eigenvalue weighted by atomic mass is 9.88. The van der Waals surface area contributed by atoms with E-state index in [1.54, 1.807) is 19.1 Å². The van der Waals surface area contributed by atoms with E-state index in [0.717, 1.165) is 15.5 Å². The third-order valence-corrected chi connectivity index (χ3v) is 7.29. The van der Waals surface area contributed by atoms with Crippen LogP contribution in [-0.4, -0.2) is 40.5 Å². The lowest BCUT2D eigenvalue weighted by Gasteiger charge is -2.30. The maximum atomic E-state index is 13.7. The third kappa shape index (κ3) is 3.02. The number of nitrogens with zero attached hydrogens (tertiary/aromatic N) is 4. The van der Waals surface area contributed by atoms with Crippen LogP contribution >= 0.6 is 0 Å². The molecule has 9 nitrogen and oxygen atoms in total. The van der Waals surface area contributed by atoms with Crippen molar-refractivity contribution in [1.29, 1.82) is 0 Å². The van der Waals surface area contributed by atoms with Crippen LogP contribution in [-0.2, 0) is 10.0 Å². The molecule has 2 N–H and O–H groups in total. The molecule has 1 aromatic heterocycles. The number of phenols is 1. The lowest BCUT2D eigenvalue weighted by molar-refractivity contribution is 0.242. The standard InChI is InChI=1S/C22H19N5O4S/c1-12-5-7-14(8-6-12)19-18-13(2)26-27(21(18)25-22(29)24-19)32(30,31)17-10-9-16(28)20-15(17)4-3-11-23-20/h3-11,18-19,28H,1-2H3,(H,24,29). The number of sulfonamides is 1. The van der Waals surface area contributed by atoms with Gasteiger partial charge in [-0.2, -0.15) is 18.5 Å². The molecular weight excluding hydrogens is 430 g/mol. The van der Waals surface area contributed by atoms with Gasteiger partial charge in [-0.3, -0.25) is 4.98 Å². The highest BCUT2D eigenvalue weighted by molar-refractivity contribution is 7.90. The van der Waals surface area contributed by atoms with E-state index in [2.05, 4.69) is 20.4 Å². The number of hydrogen-bond donors (Lipinski definition) is 2. The first-order valence-electron chi connectivity index (χ1n) is 9.90. The second-order valence-corrected chi connectivity index (χ2v) is 9.49. The molecule has 2 aliphatic rings. The average molecular weight is 449 g/mol. The lowest BCUT2D eigenvalue weighted by Crippen LogP contribution is -2.46. The largest absolute Gasteiger partial charge is 0.506 e. The monoisotopic (exact) mass is 449 g/mol. The first kappa shape index (κ1) is 20.1. The molecule has 2 aromatic carbocycles. The molecule has 2 unspecified atom stereocenters. The fourth-order valence-electron chi connectivity index (χ4n) is 4.09. The molecule has 3 aromatic rings. The van der Waals surface area contributed by atoms with Gasteiger partial charge in [0, 0.05) is 17.3 Å². The van der Waals surface area contributed by atoms with Gasteiger partial charge in [-0.1, -0.05) is 29.8 Å². The van der Waals surface area contributed by atoms with E-state index in [1.165, 1.54) is 18.3 Å². The van der Waals surface area contributed by atoms with Crippen molar-refractivity contribution in [3.63, 3.8) is 0 Å². The van der Waals surface area contributed by atoms with E-state index in [9.17, 15) is 18.3 Å². The van der Waals surface area contributed by atoms with Crippen molar-refractivity contribution >= 4 is 38.5 Å². The first-order valence-corrected chi connectivity index (χ1v) is 11.3. The van der Waals surface area contributed by atoms with Crippen LogP contribution in [0, 0.1) is 12.8 Å². The van der Waals surface area contributed by atoms with Crippen LogP contribution in [0.1, 0.15) is 24.1 Å². The molecule has 10 heteroatoms. The van der Waals surface area contributed by atoms with Crippen molar-refractivity contribution in [3.8, 4) is 5.75 Å². The summed E-state index contributed by atoms with van der Waals surface area (Å²) in [6, 6.07) is 12.2. The Bertz CT molecular complexity index is 1430. The molecule has 32 heavy (non-hydrogen) atoms. The Kier molecular flexibility index (Phi) is 4.48. The number of aliphatic imine (C=N–C) groups is 1. The number of hydrogen-bond acceptors (Lipinski definition) is 6. The molecule has 0 bridgehead atoms. The maximum Gasteiger partial charge on any atom is 0.343 e. The van der Waals surface area contributed by atoms with Crippen LogP contribution < -0.4 is 5.32 Å². The summed E-state index contributed by atoms with van der Waals surface area (Å²) in [5.74, 6) is -0.624. The van der Waals surface area contributed by atoms with Gasteiger partial charge in [0.15, 0.2) is 5.84 Å². The Balaban J connectivity index is 1.62. The summed E-state index contributed by atoms with van der Waals surface area (Å²) in [4.78, 5) is 20.4. The summed E-state index contributed by atoms with van der Waals surface area (Å²) >= 11 is 0. The van der Waals surface area contributed by atoms with E-state index in [1.807, 2.05) is 31.2 Å². The zero-order chi connectivity index (χ0) is 22.6. The zero-order valence-corrected chi connectivity index (χ0v) is 18.0. The Labute approximate surface area is 184 Å². The van der Waals surface area contributed by atoms with Gasteiger partial charge in [-0.25, -0.2) is 4.79 Å². The third-order valence-electron chi connectivity index (χ3n) is 5.65. The van der Waals surface area contributed by atoms with Gasteiger partial charge in [0.25, 0.3) is 10.0 Å². The number of hydrazone groups is 1. The van der Waals surface area contributed by atoms with Crippen LogP contribution in [0.3, 0.4) is 0 Å². The summed E-state index contributed by atoms with van der Waals surface area (Å²) in [5, 5.41) is 17.5. The normalized spacial score (nSPS) is 20.6. The Morgan fingerprint density at radius 1 is 1.06 bits per heavy atom. The number of phenolic OH excluding ortho intramolecular Hbond substituents is 1. The number of aryl methyl sites for hydroxylation is 1. The number of benzene rings is 2. The summed E-state index contributed by atoms with van der Waals surface area (Å²) in [6.07, 6.45) is 1.47. The minimum Gasteiger partial charge on any atom is -0.506 e. The first-order chi connectivity index (χ1) is 15.3. The fraction of sp³-hybridized carbons (Fsp3) is 0.182. The van der Waals surface area contributed by atoms with Crippen molar-refractivity contribution < 1.29 is 18.3 Å². The van der Waals surface area contributed by atoms with Crippen molar-refractivity contribution in [2.24, 2.45) is 16.0 Å². The van der Waals surface area contributed by atoms with Gasteiger partial charge in [0.05, 0.1) is 16.9 Å². The van der Waals surface area contributed by atoms with Crippen molar-refractivity contribution in [2.45, 2.75) is 24.8 Å². The number of amidine groups is 1. The molecule has 2 aliphatic heterocycles. The molecule has 0 saturated heterocycles. The summed E-state index contributed by atoms with van der Waals surface area (Å²) < 4.78 is 28.1. The molecule has 0 spiro atoms. The fourth-order valence-corrected chi connectivity index (χ4v) is 5.60. The van der Waals surface area contributed by atoms with Gasteiger partial charge in [0.1, 0.15) is 11.3 Å². The van der Waals surface area contributed by atoms with Gasteiger partial charge in [-0.15, -0.1) is 4.41 Å². The minimum atomic E-state index is -4.24. The Hall–Kier alpha value is -3.79. The molecule has 3 heterocycles. The van der Waals surface area contributed by atoms with Crippen molar-refractivity contribution in [3.05, 3.63) is 65.9 Å². The number of urea groups is 1. The number of pyridine rings is 1. The molecule has 0 radical (unpaired) electrons. The van der Waals surface area contributed by atoms with Crippen molar-refractivity contribution in [1.82, 2.24) is 14.7 Å². The second-order valence-electron chi connectivity index (χ2n) is 7.76. The summed E-state index contributed by atoms with van der Waals surface area (Å²) in [5.41, 5.74) is 2.57. The number of aromatic nitrogens is 1. The second kappa shape index (κ2) is 7.13. The molecule has 5 rings (SSSR count). The van der Waals surface area contributed by atoms with Crippen LogP contribution in [0.4, 0.5) is 4.79 Å². The topological polar surface area (TPSA) is 124 Å². The van der Waals surface area contributed by atoms with Gasteiger partial charge in [0.2, 0.25) is 0 Å². The van der Waals surface area contributed by atoms with Gasteiger partial charge in [-0.05, 0) is 43.7 Å². The molecule has 0 aliphatic carbocycles. The number of carbonyl (C=O) groups excluding carboxylic acids is 1. The summed E-state index contributed by atoms with van der Waals surface area (Å²) in [6.45, 7) is 3.67. The van der Waals surface area contributed by atoms with Crippen LogP contribution in [0.5, 0.6) is 5.75 Å². The molecule has 2 atom stereocenters. The van der Waals surface area contributed by atoms with Gasteiger partial charge >= 0.3 is 6.03 Å². The predicted molar refractivity (Wildman–Crippen MR) is 119 cm³/mol. The number of carbonyl (C=O) groups is 1. The smallest absolute Gasteiger partial charge is 0.343 e. The van der Waals surface area contributed by atoms with E-state index in [4.69, 9.17) is 0 Å². The molecule has 162 valence electrons. The number of fused-ring (bicyclic) bond motifs is 2. The maximum absolute atomic E-state index is 13.7. The average Bonchev–Trinajstić information content (AvgIpc) is 3.11. The minimum absolute atomic E-state index is 0.0435. The highest BCUT2D eigenvalue weighted by Gasteiger charge is 2.47. The van der Waals surface area contributed by atoms with E-state index >= 15 is 0 Å². The van der Waals surface area contributed by atoms with Gasteiger partial charge < -0.3 is 10.4 Å². The quantitative estimate of drug-likeness (QED) is 0.636.